The molecule has 1 aliphatic heterocycles. The molecule has 0 amide bonds. The highest BCUT2D eigenvalue weighted by atomic mass is 35.5. The summed E-state index contributed by atoms with van der Waals surface area (Å²) in [6, 6.07) is 13.7. The van der Waals surface area contributed by atoms with Gasteiger partial charge in [0.25, 0.3) is 0 Å². The second kappa shape index (κ2) is 9.33. The molecule has 1 aliphatic rings. The Balaban J connectivity index is 2.07. The van der Waals surface area contributed by atoms with E-state index in [4.69, 9.17) is 16.3 Å². The number of halogens is 1. The zero-order chi connectivity index (χ0) is 20.1. The number of ether oxygens (including phenoxy) is 1. The van der Waals surface area contributed by atoms with Crippen molar-refractivity contribution in [2.24, 2.45) is 0 Å². The maximum Gasteiger partial charge on any atom is 0.336 e. The van der Waals surface area contributed by atoms with Crippen molar-refractivity contribution < 1.29 is 9.53 Å². The predicted octanol–water partition coefficient (Wildman–Crippen LogP) is 5.59. The first kappa shape index (κ1) is 20.5. The Morgan fingerprint density at radius 3 is 2.79 bits per heavy atom. The molecule has 0 fully saturated rings. The SMILES string of the molecule is CCOC(=O)C1=C(C)NC(SCc2cccs2)=C(C#N)[C@@H]1c1ccccc1Cl. The Morgan fingerprint density at radius 1 is 1.36 bits per heavy atom. The van der Waals surface area contributed by atoms with Crippen LogP contribution in [0, 0.1) is 11.3 Å². The van der Waals surface area contributed by atoms with Crippen molar-refractivity contribution in [1.82, 2.24) is 5.32 Å². The third kappa shape index (κ3) is 4.27. The van der Waals surface area contributed by atoms with E-state index in [0.29, 0.717) is 21.9 Å². The quantitative estimate of drug-likeness (QED) is 0.605. The Hall–Kier alpha value is -2.20. The normalized spacial score (nSPS) is 16.6. The minimum atomic E-state index is -0.565. The van der Waals surface area contributed by atoms with Crippen LogP contribution in [0.25, 0.3) is 0 Å². The molecule has 0 saturated heterocycles. The molecule has 0 unspecified atom stereocenters. The van der Waals surface area contributed by atoms with Crippen LogP contribution < -0.4 is 5.32 Å². The number of nitrogens with zero attached hydrogens (tertiary/aromatic N) is 1. The molecule has 1 aromatic carbocycles. The van der Waals surface area contributed by atoms with Crippen molar-refractivity contribution in [3.05, 3.63) is 79.1 Å². The highest BCUT2D eigenvalue weighted by Crippen LogP contribution is 2.43. The van der Waals surface area contributed by atoms with Crippen LogP contribution in [0.2, 0.25) is 5.02 Å². The highest BCUT2D eigenvalue weighted by molar-refractivity contribution is 8.02. The van der Waals surface area contributed by atoms with Gasteiger partial charge in [0.15, 0.2) is 0 Å². The molecule has 2 heterocycles. The van der Waals surface area contributed by atoms with Gasteiger partial charge in [-0.3, -0.25) is 0 Å². The van der Waals surface area contributed by atoms with E-state index in [0.717, 1.165) is 16.3 Å². The monoisotopic (exact) mass is 430 g/mol. The number of rotatable bonds is 6. The molecule has 144 valence electrons. The molecular weight excluding hydrogens is 412 g/mol. The second-order valence-corrected chi connectivity index (χ2v) is 8.49. The number of thioether (sulfide) groups is 1. The molecule has 0 bridgehead atoms. The summed E-state index contributed by atoms with van der Waals surface area (Å²) in [6.45, 7) is 3.85. The third-order valence-corrected chi connectivity index (χ3v) is 6.77. The lowest BCUT2D eigenvalue weighted by Gasteiger charge is -2.29. The summed E-state index contributed by atoms with van der Waals surface area (Å²) in [7, 11) is 0. The van der Waals surface area contributed by atoms with Crippen LogP contribution in [0.5, 0.6) is 0 Å². The van der Waals surface area contributed by atoms with Gasteiger partial charge in [0.05, 0.1) is 34.8 Å². The molecule has 0 spiro atoms. The molecule has 28 heavy (non-hydrogen) atoms. The molecule has 0 radical (unpaired) electrons. The Morgan fingerprint density at radius 2 is 2.14 bits per heavy atom. The molecule has 2 aromatic rings. The van der Waals surface area contributed by atoms with E-state index >= 15 is 0 Å². The average Bonchev–Trinajstić information content (AvgIpc) is 3.20. The molecule has 4 nitrogen and oxygen atoms in total. The number of thiophene rings is 1. The standard InChI is InChI=1S/C21H19ClN2O2S2/c1-3-26-21(25)18-13(2)24-20(28-12-14-7-6-10-27-14)16(11-23)19(18)15-8-4-5-9-17(15)22/h4-10,19,24H,3,12H2,1-2H3/t19-/m0/s1. The number of nitriles is 1. The van der Waals surface area contributed by atoms with Crippen molar-refractivity contribution >= 4 is 40.7 Å². The highest BCUT2D eigenvalue weighted by Gasteiger charge is 2.36. The molecular formula is C21H19ClN2O2S2. The van der Waals surface area contributed by atoms with Gasteiger partial charge in [0.2, 0.25) is 0 Å². The Labute approximate surface area is 177 Å². The van der Waals surface area contributed by atoms with E-state index in [1.807, 2.05) is 36.6 Å². The number of allylic oxidation sites excluding steroid dienone is 2. The largest absolute Gasteiger partial charge is 0.463 e. The Bertz CT molecular complexity index is 975. The van der Waals surface area contributed by atoms with E-state index in [2.05, 4.69) is 17.5 Å². The van der Waals surface area contributed by atoms with Gasteiger partial charge < -0.3 is 10.1 Å². The van der Waals surface area contributed by atoms with Gasteiger partial charge in [0, 0.05) is 21.3 Å². The van der Waals surface area contributed by atoms with E-state index in [9.17, 15) is 10.1 Å². The third-order valence-electron chi connectivity index (χ3n) is 4.30. The molecule has 0 saturated carbocycles. The number of carbonyl (C=O) groups is 1. The number of carbonyl (C=O) groups excluding carboxylic acids is 1. The lowest BCUT2D eigenvalue weighted by Crippen LogP contribution is -2.29. The molecule has 1 N–H and O–H groups in total. The Kier molecular flexibility index (Phi) is 6.84. The van der Waals surface area contributed by atoms with Gasteiger partial charge in [-0.2, -0.15) is 5.26 Å². The number of dihydropyridines is 1. The van der Waals surface area contributed by atoms with Crippen LogP contribution >= 0.6 is 34.7 Å². The molecule has 7 heteroatoms. The fourth-order valence-corrected chi connectivity index (χ4v) is 5.17. The summed E-state index contributed by atoms with van der Waals surface area (Å²) < 4.78 is 5.27. The summed E-state index contributed by atoms with van der Waals surface area (Å²) >= 11 is 9.67. The summed E-state index contributed by atoms with van der Waals surface area (Å²) in [4.78, 5) is 13.9. The topological polar surface area (TPSA) is 62.1 Å². The molecule has 0 aliphatic carbocycles. The van der Waals surface area contributed by atoms with E-state index in [1.165, 1.54) is 4.88 Å². The van der Waals surface area contributed by atoms with Crippen molar-refractivity contribution in [3.8, 4) is 6.07 Å². The fourth-order valence-electron chi connectivity index (χ4n) is 3.06. The van der Waals surface area contributed by atoms with E-state index in [-0.39, 0.29) is 6.61 Å². The summed E-state index contributed by atoms with van der Waals surface area (Å²) in [6.07, 6.45) is 0. The van der Waals surface area contributed by atoms with Crippen molar-refractivity contribution in [1.29, 1.82) is 5.26 Å². The predicted molar refractivity (Wildman–Crippen MR) is 115 cm³/mol. The number of esters is 1. The van der Waals surface area contributed by atoms with E-state index in [1.54, 1.807) is 36.1 Å². The first-order valence-corrected chi connectivity index (χ1v) is 11.0. The lowest BCUT2D eigenvalue weighted by molar-refractivity contribution is -0.138. The minimum Gasteiger partial charge on any atom is -0.463 e. The van der Waals surface area contributed by atoms with Crippen LogP contribution in [0.4, 0.5) is 0 Å². The van der Waals surface area contributed by atoms with Crippen molar-refractivity contribution in [3.63, 3.8) is 0 Å². The fraction of sp³-hybridized carbons (Fsp3) is 0.238. The maximum absolute atomic E-state index is 12.7. The van der Waals surface area contributed by atoms with Gasteiger partial charge in [-0.1, -0.05) is 35.9 Å². The minimum absolute atomic E-state index is 0.260. The lowest BCUT2D eigenvalue weighted by atomic mass is 9.82. The van der Waals surface area contributed by atoms with Gasteiger partial charge in [0.1, 0.15) is 0 Å². The smallest absolute Gasteiger partial charge is 0.336 e. The van der Waals surface area contributed by atoms with E-state index < -0.39 is 11.9 Å². The van der Waals surface area contributed by atoms with Crippen LogP contribution in [0.1, 0.15) is 30.2 Å². The van der Waals surface area contributed by atoms with Gasteiger partial charge in [-0.25, -0.2) is 4.79 Å². The molecule has 3 rings (SSSR count). The number of benzene rings is 1. The zero-order valence-electron chi connectivity index (χ0n) is 15.5. The summed E-state index contributed by atoms with van der Waals surface area (Å²) in [5.74, 6) is -0.264. The molecule has 1 atom stereocenters. The van der Waals surface area contributed by atoms with Crippen LogP contribution in [0.3, 0.4) is 0 Å². The van der Waals surface area contributed by atoms with Crippen LogP contribution in [-0.2, 0) is 15.3 Å². The zero-order valence-corrected chi connectivity index (χ0v) is 17.9. The van der Waals surface area contributed by atoms with Gasteiger partial charge >= 0.3 is 5.97 Å². The summed E-state index contributed by atoms with van der Waals surface area (Å²) in [5, 5.41) is 16.5. The van der Waals surface area contributed by atoms with Crippen molar-refractivity contribution in [2.75, 3.05) is 6.61 Å². The van der Waals surface area contributed by atoms with Gasteiger partial charge in [-0.15, -0.1) is 23.1 Å². The van der Waals surface area contributed by atoms with Crippen LogP contribution in [-0.4, -0.2) is 12.6 Å². The maximum atomic E-state index is 12.7. The average molecular weight is 431 g/mol. The second-order valence-electron chi connectivity index (χ2n) is 6.06. The number of hydrogen-bond donors (Lipinski definition) is 1. The number of nitrogens with one attached hydrogen (secondary N) is 1. The number of hydrogen-bond acceptors (Lipinski definition) is 6. The first-order chi connectivity index (χ1) is 13.6. The summed E-state index contributed by atoms with van der Waals surface area (Å²) in [5.41, 5.74) is 2.30. The molecule has 1 aromatic heterocycles. The van der Waals surface area contributed by atoms with Gasteiger partial charge in [-0.05, 0) is 36.9 Å². The first-order valence-electron chi connectivity index (χ1n) is 8.75. The van der Waals surface area contributed by atoms with Crippen molar-refractivity contribution in [2.45, 2.75) is 25.5 Å². The van der Waals surface area contributed by atoms with Crippen LogP contribution in [0.15, 0.2) is 63.7 Å².